The molecule has 0 aliphatic carbocycles. The summed E-state index contributed by atoms with van der Waals surface area (Å²) in [5.41, 5.74) is 0. The molecule has 1 unspecified atom stereocenters. The first kappa shape index (κ1) is 16.2. The van der Waals surface area contributed by atoms with E-state index in [-0.39, 0.29) is 11.1 Å². The summed E-state index contributed by atoms with van der Waals surface area (Å²) >= 11 is 0. The quantitative estimate of drug-likeness (QED) is 0.355. The predicted octanol–water partition coefficient (Wildman–Crippen LogP) is 3.61. The lowest BCUT2D eigenvalue weighted by Gasteiger charge is -2.33. The molecule has 1 atom stereocenters. The van der Waals surface area contributed by atoms with Crippen LogP contribution in [0.2, 0.25) is 18.1 Å². The van der Waals surface area contributed by atoms with Crippen LogP contribution in [0.3, 0.4) is 0 Å². The maximum Gasteiger partial charge on any atom is 0.437 e. The van der Waals surface area contributed by atoms with Crippen molar-refractivity contribution in [2.75, 3.05) is 0 Å². The van der Waals surface area contributed by atoms with Crippen molar-refractivity contribution in [1.29, 1.82) is 0 Å². The van der Waals surface area contributed by atoms with Crippen molar-refractivity contribution in [2.24, 2.45) is 0 Å². The van der Waals surface area contributed by atoms with Crippen molar-refractivity contribution in [3.63, 3.8) is 0 Å². The Hall–Kier alpha value is -0.813. The minimum atomic E-state index is -2.05. The molecule has 0 aromatic carbocycles. The van der Waals surface area contributed by atoms with Gasteiger partial charge in [-0.3, -0.25) is 4.89 Å². The lowest BCUT2D eigenvalue weighted by molar-refractivity contribution is -0.157. The molecule has 0 spiro atoms. The van der Waals surface area contributed by atoms with Gasteiger partial charge in [0.2, 0.25) is 0 Å². The summed E-state index contributed by atoms with van der Waals surface area (Å²) in [4.78, 5) is 16.3. The van der Waals surface area contributed by atoms with Crippen LogP contribution in [0.1, 0.15) is 34.1 Å². The molecule has 1 amide bonds. The van der Waals surface area contributed by atoms with Gasteiger partial charge in [-0.2, -0.15) is 0 Å². The fourth-order valence-corrected chi connectivity index (χ4v) is 1.30. The topological polar surface area (TPSA) is 47.6 Å². The van der Waals surface area contributed by atoms with Gasteiger partial charge in [0.15, 0.2) is 0 Å². The molecule has 0 radical (unpaired) electrons. The number of carbonyl (C=O) groups excluding carboxylic acids is 1. The maximum absolute atomic E-state index is 11.5. The Labute approximate surface area is 105 Å². The largest absolute Gasteiger partial charge is 0.437 e. The molecule has 0 aromatic heterocycles. The molecule has 0 heterocycles. The van der Waals surface area contributed by atoms with Crippen LogP contribution in [0.25, 0.3) is 0 Å². The number of amides is 1. The van der Waals surface area contributed by atoms with Gasteiger partial charge in [-0.15, -0.1) is 6.58 Å². The molecule has 1 N–H and O–H groups in total. The average molecular weight is 259 g/mol. The van der Waals surface area contributed by atoms with Crippen LogP contribution in [-0.2, 0) is 9.46 Å². The number of nitrogens with one attached hydrogen (secondary N) is 1. The molecule has 0 aromatic rings. The second kappa shape index (κ2) is 6.21. The van der Waals surface area contributed by atoms with E-state index in [0.717, 1.165) is 6.42 Å². The fourth-order valence-electron chi connectivity index (χ4n) is 0.770. The second-order valence-electron chi connectivity index (χ2n) is 5.61. The van der Waals surface area contributed by atoms with Gasteiger partial charge < -0.3 is 5.32 Å². The Morgan fingerprint density at radius 2 is 2.00 bits per heavy atom. The lowest BCUT2D eigenvalue weighted by atomic mass is 10.2. The molecular formula is C12H25NO3Si. The molecule has 5 heteroatoms. The van der Waals surface area contributed by atoms with E-state index in [2.05, 4.69) is 32.7 Å². The van der Waals surface area contributed by atoms with Crippen molar-refractivity contribution < 1.29 is 14.3 Å². The first-order valence-corrected chi connectivity index (χ1v) is 8.83. The van der Waals surface area contributed by atoms with Gasteiger partial charge >= 0.3 is 6.09 Å². The highest BCUT2D eigenvalue weighted by atomic mass is 28.4. The van der Waals surface area contributed by atoms with Crippen LogP contribution in [0.15, 0.2) is 12.7 Å². The zero-order chi connectivity index (χ0) is 13.7. The van der Waals surface area contributed by atoms with E-state index in [0.29, 0.717) is 0 Å². The Kier molecular flexibility index (Phi) is 5.91. The molecule has 4 nitrogen and oxygen atoms in total. The Bertz CT molecular complexity index is 271. The van der Waals surface area contributed by atoms with Crippen molar-refractivity contribution in [2.45, 2.75) is 58.3 Å². The SMILES string of the molecule is C=CC(CC)NC(=O)OO[Si](C)(C)C(C)(C)C. The first-order chi connectivity index (χ1) is 7.64. The van der Waals surface area contributed by atoms with Crippen molar-refractivity contribution in [3.8, 4) is 0 Å². The lowest BCUT2D eigenvalue weighted by Crippen LogP contribution is -2.43. The van der Waals surface area contributed by atoms with Gasteiger partial charge in [-0.25, -0.2) is 9.37 Å². The van der Waals surface area contributed by atoms with E-state index in [1.165, 1.54) is 0 Å². The molecule has 0 bridgehead atoms. The highest BCUT2D eigenvalue weighted by molar-refractivity contribution is 6.73. The number of hydrogen-bond donors (Lipinski definition) is 1. The predicted molar refractivity (Wildman–Crippen MR) is 72.2 cm³/mol. The van der Waals surface area contributed by atoms with Crippen LogP contribution in [0.4, 0.5) is 4.79 Å². The van der Waals surface area contributed by atoms with Crippen LogP contribution < -0.4 is 5.32 Å². The minimum absolute atomic E-state index is 0.00980. The fraction of sp³-hybridized carbons (Fsp3) is 0.750. The van der Waals surface area contributed by atoms with E-state index in [4.69, 9.17) is 9.46 Å². The van der Waals surface area contributed by atoms with Crippen LogP contribution >= 0.6 is 0 Å². The summed E-state index contributed by atoms with van der Waals surface area (Å²) in [5.74, 6) is 0. The molecule has 0 aliphatic heterocycles. The standard InChI is InChI=1S/C12H25NO3Si/c1-8-10(9-2)13-11(14)15-16-17(6,7)12(3,4)5/h8,10H,1,9H2,2-7H3,(H,13,14). The van der Waals surface area contributed by atoms with Gasteiger partial charge in [0.25, 0.3) is 8.32 Å². The zero-order valence-electron chi connectivity index (χ0n) is 11.8. The number of hydrogen-bond acceptors (Lipinski definition) is 3. The van der Waals surface area contributed by atoms with Gasteiger partial charge in [0.1, 0.15) is 0 Å². The second-order valence-corrected chi connectivity index (χ2v) is 10.3. The average Bonchev–Trinajstić information content (AvgIpc) is 2.21. The number of rotatable bonds is 5. The summed E-state index contributed by atoms with van der Waals surface area (Å²) in [6.45, 7) is 15.9. The molecule has 0 fully saturated rings. The third-order valence-corrected chi connectivity index (χ3v) is 7.27. The van der Waals surface area contributed by atoms with Crippen LogP contribution in [-0.4, -0.2) is 20.5 Å². The van der Waals surface area contributed by atoms with E-state index >= 15 is 0 Å². The Morgan fingerprint density at radius 1 is 1.47 bits per heavy atom. The summed E-state index contributed by atoms with van der Waals surface area (Å²) < 4.78 is 5.34. The maximum atomic E-state index is 11.5. The number of carbonyl (C=O) groups is 1. The molecule has 100 valence electrons. The zero-order valence-corrected chi connectivity index (χ0v) is 12.8. The highest BCUT2D eigenvalue weighted by Crippen LogP contribution is 2.36. The van der Waals surface area contributed by atoms with Gasteiger partial charge in [0, 0.05) is 0 Å². The van der Waals surface area contributed by atoms with Crippen molar-refractivity contribution in [3.05, 3.63) is 12.7 Å². The van der Waals surface area contributed by atoms with Gasteiger partial charge in [0.05, 0.1) is 6.04 Å². The van der Waals surface area contributed by atoms with E-state index in [1.807, 2.05) is 20.0 Å². The minimum Gasteiger partial charge on any atom is -0.313 e. The van der Waals surface area contributed by atoms with Gasteiger partial charge in [-0.1, -0.05) is 33.8 Å². The highest BCUT2D eigenvalue weighted by Gasteiger charge is 2.40. The summed E-state index contributed by atoms with van der Waals surface area (Å²) in [5, 5.41) is 2.67. The van der Waals surface area contributed by atoms with Crippen molar-refractivity contribution in [1.82, 2.24) is 5.32 Å². The monoisotopic (exact) mass is 259 g/mol. The first-order valence-electron chi connectivity index (χ1n) is 5.92. The molecule has 0 saturated heterocycles. The smallest absolute Gasteiger partial charge is 0.313 e. The van der Waals surface area contributed by atoms with Crippen LogP contribution in [0, 0.1) is 0 Å². The normalized spacial score (nSPS) is 14.0. The molecule has 0 saturated carbocycles. The molecule has 17 heavy (non-hydrogen) atoms. The van der Waals surface area contributed by atoms with E-state index < -0.39 is 14.4 Å². The molecular weight excluding hydrogens is 234 g/mol. The summed E-state index contributed by atoms with van der Waals surface area (Å²) in [7, 11) is -2.05. The van der Waals surface area contributed by atoms with E-state index in [9.17, 15) is 4.79 Å². The molecule has 0 aliphatic rings. The third kappa shape index (κ3) is 5.36. The summed E-state index contributed by atoms with van der Waals surface area (Å²) in [6.07, 6.45) is 1.90. The third-order valence-electron chi connectivity index (χ3n) is 3.16. The summed E-state index contributed by atoms with van der Waals surface area (Å²) in [6, 6.07) is -0.0782. The van der Waals surface area contributed by atoms with Crippen molar-refractivity contribution >= 4 is 14.4 Å². The Balaban J connectivity index is 4.21. The van der Waals surface area contributed by atoms with Gasteiger partial charge in [-0.05, 0) is 24.6 Å². The van der Waals surface area contributed by atoms with Crippen LogP contribution in [0.5, 0.6) is 0 Å². The molecule has 0 rings (SSSR count). The van der Waals surface area contributed by atoms with E-state index in [1.54, 1.807) is 6.08 Å². The Morgan fingerprint density at radius 3 is 2.35 bits per heavy atom.